The lowest BCUT2D eigenvalue weighted by molar-refractivity contribution is 0.283. The van der Waals surface area contributed by atoms with Crippen molar-refractivity contribution in [1.82, 2.24) is 4.98 Å². The monoisotopic (exact) mass is 272 g/mol. The van der Waals surface area contributed by atoms with Crippen molar-refractivity contribution in [1.29, 1.82) is 0 Å². The van der Waals surface area contributed by atoms with Crippen molar-refractivity contribution < 1.29 is 5.11 Å². The molecule has 0 bridgehead atoms. The highest BCUT2D eigenvalue weighted by Crippen LogP contribution is 2.33. The van der Waals surface area contributed by atoms with Gasteiger partial charge >= 0.3 is 0 Å². The molecule has 0 saturated carbocycles. The average Bonchev–Trinajstić information content (AvgIpc) is 2.73. The van der Waals surface area contributed by atoms with Crippen LogP contribution in [0.1, 0.15) is 37.3 Å². The van der Waals surface area contributed by atoms with Crippen LogP contribution >= 0.6 is 23.1 Å². The maximum atomic E-state index is 9.39. The number of nitrogens with zero attached hydrogens (tertiary/aromatic N) is 2. The quantitative estimate of drug-likeness (QED) is 0.918. The van der Waals surface area contributed by atoms with Gasteiger partial charge in [0.2, 0.25) is 0 Å². The Morgan fingerprint density at radius 3 is 2.82 bits per heavy atom. The van der Waals surface area contributed by atoms with E-state index in [4.69, 9.17) is 4.98 Å². The van der Waals surface area contributed by atoms with E-state index in [1.165, 1.54) is 11.5 Å². The Bertz CT molecular complexity index is 379. The SMILES string of the molecule is CC(C)c1nc(N2CCSCC2C)sc1CO. The van der Waals surface area contributed by atoms with Gasteiger partial charge in [0, 0.05) is 24.1 Å². The third-order valence-electron chi connectivity index (χ3n) is 3.02. The molecular formula is C12H20N2OS2. The molecule has 0 radical (unpaired) electrons. The summed E-state index contributed by atoms with van der Waals surface area (Å²) < 4.78 is 0. The van der Waals surface area contributed by atoms with Crippen LogP contribution in [0.2, 0.25) is 0 Å². The molecule has 1 unspecified atom stereocenters. The largest absolute Gasteiger partial charge is 0.391 e. The van der Waals surface area contributed by atoms with E-state index in [0.717, 1.165) is 22.2 Å². The van der Waals surface area contributed by atoms with Gasteiger partial charge < -0.3 is 10.0 Å². The lowest BCUT2D eigenvalue weighted by Gasteiger charge is -2.32. The van der Waals surface area contributed by atoms with Gasteiger partial charge in [-0.15, -0.1) is 0 Å². The fraction of sp³-hybridized carbons (Fsp3) is 0.750. The van der Waals surface area contributed by atoms with Crippen molar-refractivity contribution in [3.8, 4) is 0 Å². The van der Waals surface area contributed by atoms with Gasteiger partial charge in [0.05, 0.1) is 17.2 Å². The van der Waals surface area contributed by atoms with Crippen LogP contribution in [0, 0.1) is 0 Å². The Labute approximate surface area is 111 Å². The number of hydrogen-bond acceptors (Lipinski definition) is 5. The lowest BCUT2D eigenvalue weighted by atomic mass is 10.1. The smallest absolute Gasteiger partial charge is 0.186 e. The number of aliphatic hydroxyl groups excluding tert-OH is 1. The van der Waals surface area contributed by atoms with Crippen LogP contribution in [0.4, 0.5) is 5.13 Å². The molecular weight excluding hydrogens is 252 g/mol. The fourth-order valence-corrected chi connectivity index (χ4v) is 4.27. The van der Waals surface area contributed by atoms with Crippen LogP contribution in [0.5, 0.6) is 0 Å². The molecule has 17 heavy (non-hydrogen) atoms. The van der Waals surface area contributed by atoms with Crippen LogP contribution in [0.25, 0.3) is 0 Å². The van der Waals surface area contributed by atoms with Crippen LogP contribution in [0.3, 0.4) is 0 Å². The number of thioether (sulfide) groups is 1. The van der Waals surface area contributed by atoms with E-state index in [0.29, 0.717) is 12.0 Å². The minimum absolute atomic E-state index is 0.113. The summed E-state index contributed by atoms with van der Waals surface area (Å²) in [5, 5.41) is 10.5. The summed E-state index contributed by atoms with van der Waals surface area (Å²) in [6.45, 7) is 7.70. The Balaban J connectivity index is 2.26. The first-order valence-corrected chi connectivity index (χ1v) is 8.05. The van der Waals surface area contributed by atoms with E-state index in [-0.39, 0.29) is 6.61 Å². The Kier molecular flexibility index (Phi) is 4.33. The van der Waals surface area contributed by atoms with Crippen molar-refractivity contribution in [2.24, 2.45) is 0 Å². The molecule has 1 aromatic rings. The van der Waals surface area contributed by atoms with Crippen molar-refractivity contribution in [3.63, 3.8) is 0 Å². The van der Waals surface area contributed by atoms with E-state index in [1.807, 2.05) is 11.8 Å². The number of hydrogen-bond donors (Lipinski definition) is 1. The summed E-state index contributed by atoms with van der Waals surface area (Å²) >= 11 is 3.66. The minimum atomic E-state index is 0.113. The lowest BCUT2D eigenvalue weighted by Crippen LogP contribution is -2.40. The number of rotatable bonds is 3. The third kappa shape index (κ3) is 2.77. The zero-order chi connectivity index (χ0) is 12.4. The summed E-state index contributed by atoms with van der Waals surface area (Å²) in [5.74, 6) is 2.73. The van der Waals surface area contributed by atoms with Crippen LogP contribution in [0.15, 0.2) is 0 Å². The first-order valence-electron chi connectivity index (χ1n) is 6.08. The predicted octanol–water partition coefficient (Wildman–Crippen LogP) is 2.70. The van der Waals surface area contributed by atoms with Crippen molar-refractivity contribution in [3.05, 3.63) is 10.6 Å². The standard InChI is InChI=1S/C12H20N2OS2/c1-8(2)11-10(6-15)17-12(13-11)14-4-5-16-7-9(14)3/h8-9,15H,4-7H2,1-3H3. The first kappa shape index (κ1) is 13.2. The van der Waals surface area contributed by atoms with E-state index in [1.54, 1.807) is 11.3 Å². The summed E-state index contributed by atoms with van der Waals surface area (Å²) in [6, 6.07) is 0.548. The molecule has 1 aromatic heterocycles. The van der Waals surface area contributed by atoms with Gasteiger partial charge in [-0.3, -0.25) is 0 Å². The molecule has 1 fully saturated rings. The van der Waals surface area contributed by atoms with E-state index in [9.17, 15) is 5.11 Å². The van der Waals surface area contributed by atoms with Crippen LogP contribution in [-0.4, -0.2) is 34.2 Å². The first-order chi connectivity index (χ1) is 8.13. The van der Waals surface area contributed by atoms with Gasteiger partial charge in [-0.1, -0.05) is 25.2 Å². The molecule has 1 saturated heterocycles. The number of anilines is 1. The molecule has 1 aliphatic heterocycles. The highest BCUT2D eigenvalue weighted by Gasteiger charge is 2.23. The zero-order valence-electron chi connectivity index (χ0n) is 10.6. The molecule has 2 heterocycles. The van der Waals surface area contributed by atoms with E-state index in [2.05, 4.69) is 25.7 Å². The number of aromatic nitrogens is 1. The molecule has 0 aromatic carbocycles. The van der Waals surface area contributed by atoms with Gasteiger partial charge in [0.25, 0.3) is 0 Å². The van der Waals surface area contributed by atoms with E-state index < -0.39 is 0 Å². The second-order valence-electron chi connectivity index (χ2n) is 4.74. The normalized spacial score (nSPS) is 21.2. The summed E-state index contributed by atoms with van der Waals surface area (Å²) in [5.41, 5.74) is 1.07. The summed E-state index contributed by atoms with van der Waals surface area (Å²) in [6.07, 6.45) is 0. The molecule has 0 aliphatic carbocycles. The molecule has 2 rings (SSSR count). The molecule has 3 nitrogen and oxygen atoms in total. The molecule has 0 amide bonds. The Morgan fingerprint density at radius 2 is 2.29 bits per heavy atom. The molecule has 5 heteroatoms. The molecule has 1 N–H and O–H groups in total. The highest BCUT2D eigenvalue weighted by molar-refractivity contribution is 7.99. The number of thiazole rings is 1. The topological polar surface area (TPSA) is 36.4 Å². The van der Waals surface area contributed by atoms with Gasteiger partial charge in [0.1, 0.15) is 0 Å². The fourth-order valence-electron chi connectivity index (χ4n) is 2.05. The van der Waals surface area contributed by atoms with Crippen LogP contribution < -0.4 is 4.90 Å². The summed E-state index contributed by atoms with van der Waals surface area (Å²) in [7, 11) is 0. The second-order valence-corrected chi connectivity index (χ2v) is 6.95. The zero-order valence-corrected chi connectivity index (χ0v) is 12.3. The summed E-state index contributed by atoms with van der Waals surface area (Å²) in [4.78, 5) is 8.14. The minimum Gasteiger partial charge on any atom is -0.391 e. The maximum Gasteiger partial charge on any atom is 0.186 e. The molecule has 0 spiro atoms. The highest BCUT2D eigenvalue weighted by atomic mass is 32.2. The van der Waals surface area contributed by atoms with Gasteiger partial charge in [-0.05, 0) is 12.8 Å². The van der Waals surface area contributed by atoms with E-state index >= 15 is 0 Å². The molecule has 96 valence electrons. The van der Waals surface area contributed by atoms with Crippen molar-refractivity contribution >= 4 is 28.2 Å². The maximum absolute atomic E-state index is 9.39. The number of aliphatic hydroxyl groups is 1. The predicted molar refractivity (Wildman–Crippen MR) is 76.3 cm³/mol. The molecule has 1 atom stereocenters. The Morgan fingerprint density at radius 1 is 1.53 bits per heavy atom. The van der Waals surface area contributed by atoms with Crippen LogP contribution in [-0.2, 0) is 6.61 Å². The van der Waals surface area contributed by atoms with Gasteiger partial charge in [0.15, 0.2) is 5.13 Å². The van der Waals surface area contributed by atoms with Gasteiger partial charge in [-0.25, -0.2) is 4.98 Å². The van der Waals surface area contributed by atoms with Gasteiger partial charge in [-0.2, -0.15) is 11.8 Å². The molecule has 1 aliphatic rings. The average molecular weight is 272 g/mol. The third-order valence-corrected chi connectivity index (χ3v) is 5.30. The van der Waals surface area contributed by atoms with Crippen molar-refractivity contribution in [2.45, 2.75) is 39.3 Å². The van der Waals surface area contributed by atoms with Crippen molar-refractivity contribution in [2.75, 3.05) is 23.0 Å². The Hall–Kier alpha value is -0.260. The second kappa shape index (κ2) is 5.59.